The van der Waals surface area contributed by atoms with Crippen LogP contribution in [0.5, 0.6) is 5.75 Å². The number of hydrogen-bond acceptors (Lipinski definition) is 3. The number of alkyl halides is 4. The van der Waals surface area contributed by atoms with E-state index in [4.69, 9.17) is 5.26 Å². The number of aryl methyl sites for hydroxylation is 1. The second-order valence-electron chi connectivity index (χ2n) is 3.19. The van der Waals surface area contributed by atoms with Crippen LogP contribution in [0, 0.1) is 18.3 Å². The van der Waals surface area contributed by atoms with Crippen LogP contribution in [0.4, 0.5) is 17.6 Å². The molecule has 0 aliphatic rings. The van der Waals surface area contributed by atoms with E-state index in [2.05, 4.69) is 9.72 Å². The molecule has 0 radical (unpaired) electrons. The number of hydrogen-bond donors (Lipinski definition) is 0. The van der Waals surface area contributed by atoms with E-state index < -0.39 is 18.8 Å². The van der Waals surface area contributed by atoms with Crippen molar-refractivity contribution in [2.75, 3.05) is 0 Å². The van der Waals surface area contributed by atoms with Crippen molar-refractivity contribution in [2.24, 2.45) is 0 Å². The van der Waals surface area contributed by atoms with Gasteiger partial charge >= 0.3 is 6.36 Å². The predicted molar refractivity (Wildman–Crippen MR) is 49.8 cm³/mol. The molecule has 1 aromatic heterocycles. The molecule has 0 amide bonds. The maximum absolute atomic E-state index is 12.5. The topological polar surface area (TPSA) is 45.9 Å². The Morgan fingerprint density at radius 1 is 1.47 bits per heavy atom. The van der Waals surface area contributed by atoms with Gasteiger partial charge in [-0.15, -0.1) is 13.2 Å². The van der Waals surface area contributed by atoms with Crippen LogP contribution < -0.4 is 4.74 Å². The molecule has 0 spiro atoms. The molecule has 17 heavy (non-hydrogen) atoms. The van der Waals surface area contributed by atoms with Gasteiger partial charge in [0.05, 0.1) is 23.9 Å². The predicted octanol–water partition coefficient (Wildman–Crippen LogP) is 2.82. The van der Waals surface area contributed by atoms with E-state index >= 15 is 0 Å². The first-order chi connectivity index (χ1) is 7.87. The molecule has 0 saturated carbocycles. The summed E-state index contributed by atoms with van der Waals surface area (Å²) in [6.07, 6.45) is -5.06. The number of rotatable bonds is 3. The molecular weight excluding hydrogens is 240 g/mol. The molecule has 1 aromatic rings. The first kappa shape index (κ1) is 13.2. The Morgan fingerprint density at radius 3 is 2.59 bits per heavy atom. The van der Waals surface area contributed by atoms with E-state index in [1.807, 2.05) is 0 Å². The van der Waals surface area contributed by atoms with Gasteiger partial charge in [-0.1, -0.05) is 0 Å². The first-order valence-electron chi connectivity index (χ1n) is 4.55. The van der Waals surface area contributed by atoms with Crippen LogP contribution in [-0.2, 0) is 13.1 Å². The minimum absolute atomic E-state index is 0.0430. The molecule has 0 aliphatic heterocycles. The van der Waals surface area contributed by atoms with Crippen LogP contribution in [0.15, 0.2) is 6.07 Å². The van der Waals surface area contributed by atoms with E-state index in [0.717, 1.165) is 6.07 Å². The van der Waals surface area contributed by atoms with Crippen molar-refractivity contribution in [1.82, 2.24) is 4.98 Å². The Bertz CT molecular complexity index is 451. The van der Waals surface area contributed by atoms with E-state index in [9.17, 15) is 17.6 Å². The molecule has 0 saturated heterocycles. The fraction of sp³-hybridized carbons (Fsp3) is 0.400. The minimum atomic E-state index is -4.84. The Morgan fingerprint density at radius 2 is 2.12 bits per heavy atom. The average Bonchev–Trinajstić information content (AvgIpc) is 2.21. The summed E-state index contributed by atoms with van der Waals surface area (Å²) in [5.74, 6) is -0.514. The van der Waals surface area contributed by atoms with E-state index in [0.29, 0.717) is 0 Å². The molecule has 1 rings (SSSR count). The smallest absolute Gasteiger partial charge is 0.404 e. The second-order valence-corrected chi connectivity index (χ2v) is 3.19. The largest absolute Gasteiger partial charge is 0.573 e. The van der Waals surface area contributed by atoms with Gasteiger partial charge in [-0.3, -0.25) is 4.98 Å². The van der Waals surface area contributed by atoms with Gasteiger partial charge in [0.2, 0.25) is 0 Å². The Labute approximate surface area is 94.6 Å². The Hall–Kier alpha value is -1.84. The number of nitrogens with zero attached hydrogens (tertiary/aromatic N) is 2. The molecule has 0 aromatic carbocycles. The van der Waals surface area contributed by atoms with Gasteiger partial charge in [0.25, 0.3) is 0 Å². The van der Waals surface area contributed by atoms with Crippen molar-refractivity contribution in [3.8, 4) is 11.8 Å². The number of aromatic nitrogens is 1. The zero-order valence-corrected chi connectivity index (χ0v) is 8.81. The van der Waals surface area contributed by atoms with E-state index in [1.165, 1.54) is 6.92 Å². The van der Waals surface area contributed by atoms with Gasteiger partial charge in [0.1, 0.15) is 6.67 Å². The third kappa shape index (κ3) is 3.59. The van der Waals surface area contributed by atoms with Crippen molar-refractivity contribution in [3.05, 3.63) is 23.0 Å². The monoisotopic (exact) mass is 248 g/mol. The Kier molecular flexibility index (Phi) is 3.89. The third-order valence-corrected chi connectivity index (χ3v) is 1.96. The van der Waals surface area contributed by atoms with Crippen LogP contribution in [0.1, 0.15) is 17.0 Å². The highest BCUT2D eigenvalue weighted by molar-refractivity contribution is 5.36. The van der Waals surface area contributed by atoms with Crippen LogP contribution in [0.2, 0.25) is 0 Å². The molecule has 0 atom stereocenters. The zero-order valence-electron chi connectivity index (χ0n) is 8.81. The van der Waals surface area contributed by atoms with Crippen LogP contribution in [0.25, 0.3) is 0 Å². The summed E-state index contributed by atoms with van der Waals surface area (Å²) in [5, 5.41) is 8.47. The van der Waals surface area contributed by atoms with Gasteiger partial charge < -0.3 is 4.74 Å². The molecule has 0 aliphatic carbocycles. The number of nitriles is 1. The third-order valence-electron chi connectivity index (χ3n) is 1.96. The highest BCUT2D eigenvalue weighted by atomic mass is 19.4. The van der Waals surface area contributed by atoms with E-state index in [1.54, 1.807) is 6.07 Å². The standard InChI is InChI=1S/C10H8F4N2O/c1-6-9(17-10(12,13)14)4-7(2-3-15)8(5-11)16-6/h4H,2,5H2,1H3. The van der Waals surface area contributed by atoms with Crippen molar-refractivity contribution >= 4 is 0 Å². The normalized spacial score (nSPS) is 11.1. The summed E-state index contributed by atoms with van der Waals surface area (Å²) >= 11 is 0. The van der Waals surface area contributed by atoms with Crippen molar-refractivity contribution in [3.63, 3.8) is 0 Å². The molecule has 7 heteroatoms. The highest BCUT2D eigenvalue weighted by Gasteiger charge is 2.32. The summed E-state index contributed by atoms with van der Waals surface area (Å²) in [6.45, 7) is 0.334. The SMILES string of the molecule is Cc1nc(CF)c(CC#N)cc1OC(F)(F)F. The lowest BCUT2D eigenvalue weighted by Crippen LogP contribution is -2.18. The number of halogens is 4. The maximum atomic E-state index is 12.5. The summed E-state index contributed by atoms with van der Waals surface area (Å²) < 4.78 is 52.3. The van der Waals surface area contributed by atoms with Gasteiger partial charge in [0.15, 0.2) is 5.75 Å². The van der Waals surface area contributed by atoms with Crippen LogP contribution in [0.3, 0.4) is 0 Å². The molecule has 0 fully saturated rings. The molecule has 0 unspecified atom stereocenters. The fourth-order valence-corrected chi connectivity index (χ4v) is 1.26. The number of pyridine rings is 1. The number of ether oxygens (including phenoxy) is 1. The summed E-state index contributed by atoms with van der Waals surface area (Å²) in [6, 6.07) is 2.72. The summed E-state index contributed by atoms with van der Waals surface area (Å²) in [4.78, 5) is 3.64. The van der Waals surface area contributed by atoms with Gasteiger partial charge in [-0.25, -0.2) is 4.39 Å². The summed E-state index contributed by atoms with van der Waals surface area (Å²) in [7, 11) is 0. The van der Waals surface area contributed by atoms with Gasteiger partial charge in [-0.05, 0) is 18.6 Å². The van der Waals surface area contributed by atoms with Gasteiger partial charge in [-0.2, -0.15) is 5.26 Å². The molecule has 0 N–H and O–H groups in total. The van der Waals surface area contributed by atoms with E-state index in [-0.39, 0.29) is 23.4 Å². The zero-order chi connectivity index (χ0) is 13.1. The molecular formula is C10H8F4N2O. The van der Waals surface area contributed by atoms with Crippen LogP contribution in [-0.4, -0.2) is 11.3 Å². The van der Waals surface area contributed by atoms with Crippen molar-refractivity contribution in [2.45, 2.75) is 26.4 Å². The quantitative estimate of drug-likeness (QED) is 0.772. The lowest BCUT2D eigenvalue weighted by atomic mass is 10.1. The fourth-order valence-electron chi connectivity index (χ4n) is 1.26. The summed E-state index contributed by atoms with van der Waals surface area (Å²) in [5.41, 5.74) is -0.0184. The molecule has 3 nitrogen and oxygen atoms in total. The van der Waals surface area contributed by atoms with Crippen molar-refractivity contribution < 1.29 is 22.3 Å². The average molecular weight is 248 g/mol. The minimum Gasteiger partial charge on any atom is -0.404 e. The Balaban J connectivity index is 3.16. The molecule has 92 valence electrons. The lowest BCUT2D eigenvalue weighted by Gasteiger charge is -2.13. The highest BCUT2D eigenvalue weighted by Crippen LogP contribution is 2.27. The van der Waals surface area contributed by atoms with Crippen molar-refractivity contribution in [1.29, 1.82) is 5.26 Å². The van der Waals surface area contributed by atoms with Gasteiger partial charge in [0, 0.05) is 0 Å². The van der Waals surface area contributed by atoms with Crippen LogP contribution >= 0.6 is 0 Å². The first-order valence-corrected chi connectivity index (χ1v) is 4.55. The molecule has 1 heterocycles. The maximum Gasteiger partial charge on any atom is 0.573 e. The second kappa shape index (κ2) is 4.99. The molecule has 0 bridgehead atoms. The lowest BCUT2D eigenvalue weighted by molar-refractivity contribution is -0.275.